The zero-order valence-corrected chi connectivity index (χ0v) is 14.3. The molecule has 0 aliphatic carbocycles. The van der Waals surface area contributed by atoms with E-state index < -0.39 is 0 Å². The van der Waals surface area contributed by atoms with Crippen molar-refractivity contribution in [3.05, 3.63) is 29.8 Å². The van der Waals surface area contributed by atoms with Gasteiger partial charge in [0, 0.05) is 13.0 Å². The van der Waals surface area contributed by atoms with Crippen LogP contribution in [0.4, 0.5) is 0 Å². The standard InChI is InChI=1S/C20H30O3/c1-3-4-5-6-7-8-9-10-19(21)15-16-23-17-18-11-13-20(22-2)14-12-18/h1,11-14,19,21H,4-10,15-17H2,2H3/t19-/m1/s1. The van der Waals surface area contributed by atoms with Gasteiger partial charge in [-0.25, -0.2) is 0 Å². The minimum atomic E-state index is -0.253. The Morgan fingerprint density at radius 3 is 2.43 bits per heavy atom. The van der Waals surface area contributed by atoms with Crippen LogP contribution in [0.25, 0.3) is 0 Å². The zero-order valence-electron chi connectivity index (χ0n) is 14.3. The van der Waals surface area contributed by atoms with Crippen LogP contribution in [0.1, 0.15) is 56.9 Å². The van der Waals surface area contributed by atoms with Crippen molar-refractivity contribution >= 4 is 0 Å². The molecule has 0 aliphatic rings. The summed E-state index contributed by atoms with van der Waals surface area (Å²) in [5, 5.41) is 9.93. The van der Waals surface area contributed by atoms with Gasteiger partial charge in [-0.2, -0.15) is 0 Å². The number of terminal acetylenes is 1. The molecule has 1 aromatic rings. The van der Waals surface area contributed by atoms with Gasteiger partial charge in [0.05, 0.1) is 19.8 Å². The molecule has 128 valence electrons. The van der Waals surface area contributed by atoms with Crippen molar-refractivity contribution in [1.82, 2.24) is 0 Å². The lowest BCUT2D eigenvalue weighted by Crippen LogP contribution is -2.10. The Labute approximate surface area is 141 Å². The van der Waals surface area contributed by atoms with Crippen molar-refractivity contribution in [2.45, 2.75) is 64.1 Å². The number of aliphatic hydroxyl groups is 1. The summed E-state index contributed by atoms with van der Waals surface area (Å²) < 4.78 is 10.7. The van der Waals surface area contributed by atoms with Crippen LogP contribution >= 0.6 is 0 Å². The van der Waals surface area contributed by atoms with E-state index in [4.69, 9.17) is 15.9 Å². The summed E-state index contributed by atoms with van der Waals surface area (Å²) in [6.07, 6.45) is 13.2. The molecule has 0 aromatic heterocycles. The van der Waals surface area contributed by atoms with E-state index in [1.165, 1.54) is 19.3 Å². The Morgan fingerprint density at radius 2 is 1.74 bits per heavy atom. The van der Waals surface area contributed by atoms with Gasteiger partial charge < -0.3 is 14.6 Å². The third-order valence-corrected chi connectivity index (χ3v) is 3.88. The summed E-state index contributed by atoms with van der Waals surface area (Å²) in [5.41, 5.74) is 1.12. The molecule has 1 rings (SSSR count). The van der Waals surface area contributed by atoms with Crippen LogP contribution in [0.15, 0.2) is 24.3 Å². The molecule has 1 aromatic carbocycles. The van der Waals surface area contributed by atoms with Crippen molar-refractivity contribution < 1.29 is 14.6 Å². The van der Waals surface area contributed by atoms with Crippen LogP contribution < -0.4 is 4.74 Å². The Morgan fingerprint density at radius 1 is 1.04 bits per heavy atom. The third-order valence-electron chi connectivity index (χ3n) is 3.88. The quantitative estimate of drug-likeness (QED) is 0.435. The SMILES string of the molecule is C#CCCCCCCC[C@@H](O)CCOCc1ccc(OC)cc1. The highest BCUT2D eigenvalue weighted by Gasteiger charge is 2.04. The lowest BCUT2D eigenvalue weighted by Gasteiger charge is -2.11. The molecule has 0 aliphatic heterocycles. The number of hydrogen-bond acceptors (Lipinski definition) is 3. The van der Waals surface area contributed by atoms with Gasteiger partial charge in [-0.15, -0.1) is 12.3 Å². The molecule has 0 heterocycles. The first kappa shape index (κ1) is 19.5. The second kappa shape index (κ2) is 13.0. The van der Waals surface area contributed by atoms with E-state index in [-0.39, 0.29) is 6.10 Å². The van der Waals surface area contributed by atoms with E-state index >= 15 is 0 Å². The van der Waals surface area contributed by atoms with E-state index in [9.17, 15) is 5.11 Å². The molecule has 0 saturated heterocycles. The summed E-state index contributed by atoms with van der Waals surface area (Å²) in [6.45, 7) is 1.17. The topological polar surface area (TPSA) is 38.7 Å². The van der Waals surface area contributed by atoms with Gasteiger partial charge >= 0.3 is 0 Å². The minimum absolute atomic E-state index is 0.253. The molecule has 0 unspecified atom stereocenters. The molecular formula is C20H30O3. The lowest BCUT2D eigenvalue weighted by molar-refractivity contribution is 0.0689. The molecule has 3 heteroatoms. The molecule has 23 heavy (non-hydrogen) atoms. The normalized spacial score (nSPS) is 11.9. The second-order valence-electron chi connectivity index (χ2n) is 5.85. The number of ether oxygens (including phenoxy) is 2. The molecule has 1 atom stereocenters. The number of unbranched alkanes of at least 4 members (excludes halogenated alkanes) is 5. The average Bonchev–Trinajstić information content (AvgIpc) is 2.58. The van der Waals surface area contributed by atoms with Crippen molar-refractivity contribution in [3.8, 4) is 18.1 Å². The molecule has 3 nitrogen and oxygen atoms in total. The highest BCUT2D eigenvalue weighted by molar-refractivity contribution is 5.26. The number of benzene rings is 1. The van der Waals surface area contributed by atoms with Gasteiger partial charge in [0.2, 0.25) is 0 Å². The smallest absolute Gasteiger partial charge is 0.118 e. The number of hydrogen-bond donors (Lipinski definition) is 1. The van der Waals surface area contributed by atoms with E-state index in [1.54, 1.807) is 7.11 Å². The number of rotatable bonds is 13. The second-order valence-corrected chi connectivity index (χ2v) is 5.85. The highest BCUT2D eigenvalue weighted by atomic mass is 16.5. The van der Waals surface area contributed by atoms with E-state index in [1.807, 2.05) is 24.3 Å². The van der Waals surface area contributed by atoms with Gasteiger partial charge in [0.1, 0.15) is 5.75 Å². The fourth-order valence-corrected chi connectivity index (χ4v) is 2.41. The van der Waals surface area contributed by atoms with Crippen molar-refractivity contribution in [2.75, 3.05) is 13.7 Å². The third kappa shape index (κ3) is 9.99. The van der Waals surface area contributed by atoms with Crippen molar-refractivity contribution in [1.29, 1.82) is 0 Å². The molecular weight excluding hydrogens is 288 g/mol. The van der Waals surface area contributed by atoms with Gasteiger partial charge in [0.25, 0.3) is 0 Å². The fourth-order valence-electron chi connectivity index (χ4n) is 2.41. The van der Waals surface area contributed by atoms with Crippen LogP contribution in [0, 0.1) is 12.3 Å². The van der Waals surface area contributed by atoms with E-state index in [0.717, 1.165) is 37.0 Å². The summed E-state index contributed by atoms with van der Waals surface area (Å²) in [7, 11) is 1.66. The first-order valence-corrected chi connectivity index (χ1v) is 8.58. The van der Waals surface area contributed by atoms with Crippen LogP contribution in [0.3, 0.4) is 0 Å². The molecule has 0 spiro atoms. The predicted octanol–water partition coefficient (Wildman–Crippen LogP) is 4.33. The fraction of sp³-hybridized carbons (Fsp3) is 0.600. The highest BCUT2D eigenvalue weighted by Crippen LogP contribution is 2.13. The summed E-state index contributed by atoms with van der Waals surface area (Å²) >= 11 is 0. The van der Waals surface area contributed by atoms with E-state index in [2.05, 4.69) is 5.92 Å². The Balaban J connectivity index is 1.97. The lowest BCUT2D eigenvalue weighted by atomic mass is 10.1. The first-order chi connectivity index (χ1) is 11.3. The maximum Gasteiger partial charge on any atom is 0.118 e. The Hall–Kier alpha value is -1.50. The summed E-state index contributed by atoms with van der Waals surface area (Å²) in [4.78, 5) is 0. The minimum Gasteiger partial charge on any atom is -0.497 e. The maximum absolute atomic E-state index is 9.93. The van der Waals surface area contributed by atoms with Crippen LogP contribution in [0.5, 0.6) is 5.75 Å². The maximum atomic E-state index is 9.93. The monoisotopic (exact) mass is 318 g/mol. The number of methoxy groups -OCH3 is 1. The van der Waals surface area contributed by atoms with E-state index in [0.29, 0.717) is 19.6 Å². The first-order valence-electron chi connectivity index (χ1n) is 8.58. The molecule has 0 bridgehead atoms. The van der Waals surface area contributed by atoms with Crippen LogP contribution in [-0.2, 0) is 11.3 Å². The van der Waals surface area contributed by atoms with Gasteiger partial charge in [-0.3, -0.25) is 0 Å². The van der Waals surface area contributed by atoms with Crippen LogP contribution in [-0.4, -0.2) is 24.9 Å². The van der Waals surface area contributed by atoms with Crippen molar-refractivity contribution in [2.24, 2.45) is 0 Å². The summed E-state index contributed by atoms with van der Waals surface area (Å²) in [5.74, 6) is 3.51. The molecule has 1 N–H and O–H groups in total. The number of aliphatic hydroxyl groups excluding tert-OH is 1. The van der Waals surface area contributed by atoms with Gasteiger partial charge in [0.15, 0.2) is 0 Å². The van der Waals surface area contributed by atoms with Gasteiger partial charge in [-0.05, 0) is 37.0 Å². The predicted molar refractivity (Wildman–Crippen MR) is 94.4 cm³/mol. The summed E-state index contributed by atoms with van der Waals surface area (Å²) in [6, 6.07) is 7.85. The van der Waals surface area contributed by atoms with Gasteiger partial charge in [-0.1, -0.05) is 37.8 Å². The molecule has 0 radical (unpaired) electrons. The molecule has 0 fully saturated rings. The molecule has 0 saturated carbocycles. The van der Waals surface area contributed by atoms with Crippen LogP contribution in [0.2, 0.25) is 0 Å². The van der Waals surface area contributed by atoms with Crippen molar-refractivity contribution in [3.63, 3.8) is 0 Å². The largest absolute Gasteiger partial charge is 0.497 e. The Bertz CT molecular complexity index is 433. The zero-order chi connectivity index (χ0) is 16.8. The average molecular weight is 318 g/mol. The molecule has 0 amide bonds. The Kier molecular flexibility index (Phi) is 11.0.